The summed E-state index contributed by atoms with van der Waals surface area (Å²) in [6.07, 6.45) is 1.68. The standard InChI is InChI=1S/C11H11NO3/c1-2-15-9-6-12-8-5-3-4-7(10(8)9)11(13)14/h3-6,12H,2H2,1H3,(H,13,14). The number of fused-ring (bicyclic) bond motifs is 1. The van der Waals surface area contributed by atoms with Crippen LogP contribution in [0.5, 0.6) is 5.75 Å². The lowest BCUT2D eigenvalue weighted by molar-refractivity contribution is 0.0699. The minimum Gasteiger partial charge on any atom is -0.492 e. The summed E-state index contributed by atoms with van der Waals surface area (Å²) < 4.78 is 5.36. The molecule has 0 saturated heterocycles. The summed E-state index contributed by atoms with van der Waals surface area (Å²) in [5.41, 5.74) is 1.04. The SMILES string of the molecule is CCOc1c[nH]c2cccc(C(=O)O)c12. The van der Waals surface area contributed by atoms with Crippen molar-refractivity contribution in [3.05, 3.63) is 30.0 Å². The average Bonchev–Trinajstić information content (AvgIpc) is 2.62. The summed E-state index contributed by atoms with van der Waals surface area (Å²) in [6.45, 7) is 2.38. The fraction of sp³-hybridized carbons (Fsp3) is 0.182. The molecule has 0 fully saturated rings. The molecule has 0 saturated carbocycles. The van der Waals surface area contributed by atoms with Crippen LogP contribution in [0.1, 0.15) is 17.3 Å². The molecule has 0 radical (unpaired) electrons. The quantitative estimate of drug-likeness (QED) is 0.807. The maximum Gasteiger partial charge on any atom is 0.336 e. The van der Waals surface area contributed by atoms with Crippen LogP contribution in [-0.2, 0) is 0 Å². The van der Waals surface area contributed by atoms with Crippen LogP contribution in [0.15, 0.2) is 24.4 Å². The van der Waals surface area contributed by atoms with Crippen LogP contribution in [0.3, 0.4) is 0 Å². The highest BCUT2D eigenvalue weighted by Gasteiger charge is 2.13. The summed E-state index contributed by atoms with van der Waals surface area (Å²) in [5.74, 6) is -0.355. The molecular weight excluding hydrogens is 194 g/mol. The number of carbonyl (C=O) groups is 1. The van der Waals surface area contributed by atoms with Crippen LogP contribution in [0.2, 0.25) is 0 Å². The average molecular weight is 205 g/mol. The lowest BCUT2D eigenvalue weighted by Crippen LogP contribution is -1.98. The minimum atomic E-state index is -0.943. The van der Waals surface area contributed by atoms with Gasteiger partial charge in [-0.1, -0.05) is 6.07 Å². The van der Waals surface area contributed by atoms with E-state index in [1.54, 1.807) is 18.3 Å². The van der Waals surface area contributed by atoms with E-state index in [2.05, 4.69) is 4.98 Å². The molecule has 2 rings (SSSR count). The number of aromatic amines is 1. The van der Waals surface area contributed by atoms with Crippen molar-refractivity contribution in [2.75, 3.05) is 6.61 Å². The topological polar surface area (TPSA) is 62.3 Å². The number of aromatic nitrogens is 1. The van der Waals surface area contributed by atoms with Crippen molar-refractivity contribution in [2.45, 2.75) is 6.92 Å². The maximum atomic E-state index is 11.0. The zero-order valence-electron chi connectivity index (χ0n) is 8.28. The first-order chi connectivity index (χ1) is 7.24. The zero-order chi connectivity index (χ0) is 10.8. The molecule has 2 N–H and O–H groups in total. The normalized spacial score (nSPS) is 10.5. The van der Waals surface area contributed by atoms with Gasteiger partial charge in [0.1, 0.15) is 5.75 Å². The Hall–Kier alpha value is -1.97. The number of nitrogens with one attached hydrogen (secondary N) is 1. The number of ether oxygens (including phenoxy) is 1. The molecule has 0 unspecified atom stereocenters. The van der Waals surface area contributed by atoms with E-state index < -0.39 is 5.97 Å². The molecule has 0 aliphatic rings. The van der Waals surface area contributed by atoms with Gasteiger partial charge < -0.3 is 14.8 Å². The Balaban J connectivity index is 2.69. The number of aromatic carboxylic acids is 1. The Kier molecular flexibility index (Phi) is 2.33. The van der Waals surface area contributed by atoms with Crippen LogP contribution in [-0.4, -0.2) is 22.7 Å². The van der Waals surface area contributed by atoms with Crippen LogP contribution in [0, 0.1) is 0 Å². The van der Waals surface area contributed by atoms with Gasteiger partial charge in [0.05, 0.1) is 23.1 Å². The fourth-order valence-corrected chi connectivity index (χ4v) is 1.60. The molecule has 2 aromatic rings. The second kappa shape index (κ2) is 3.65. The first kappa shape index (κ1) is 9.58. The van der Waals surface area contributed by atoms with Gasteiger partial charge in [-0.2, -0.15) is 0 Å². The third kappa shape index (κ3) is 1.54. The van der Waals surface area contributed by atoms with Gasteiger partial charge >= 0.3 is 5.97 Å². The fourth-order valence-electron chi connectivity index (χ4n) is 1.60. The number of rotatable bonds is 3. The van der Waals surface area contributed by atoms with Gasteiger partial charge in [0.2, 0.25) is 0 Å². The Morgan fingerprint density at radius 2 is 2.33 bits per heavy atom. The molecule has 0 spiro atoms. The second-order valence-electron chi connectivity index (χ2n) is 3.12. The van der Waals surface area contributed by atoms with Gasteiger partial charge in [-0.3, -0.25) is 0 Å². The number of carboxylic acids is 1. The molecule has 0 aliphatic carbocycles. The molecule has 0 bridgehead atoms. The van der Waals surface area contributed by atoms with E-state index in [4.69, 9.17) is 9.84 Å². The number of hydrogen-bond acceptors (Lipinski definition) is 2. The highest BCUT2D eigenvalue weighted by Crippen LogP contribution is 2.28. The molecule has 4 heteroatoms. The number of carboxylic acid groups (broad SMARTS) is 1. The summed E-state index contributed by atoms with van der Waals surface area (Å²) in [7, 11) is 0. The van der Waals surface area contributed by atoms with Crippen LogP contribution in [0.25, 0.3) is 10.9 Å². The van der Waals surface area contributed by atoms with Gasteiger partial charge in [-0.15, -0.1) is 0 Å². The Labute approximate surface area is 86.5 Å². The van der Waals surface area contributed by atoms with Crippen LogP contribution >= 0.6 is 0 Å². The van der Waals surface area contributed by atoms with E-state index in [1.807, 2.05) is 13.0 Å². The van der Waals surface area contributed by atoms with Crippen molar-refractivity contribution < 1.29 is 14.6 Å². The Morgan fingerprint density at radius 1 is 1.53 bits per heavy atom. The summed E-state index contributed by atoms with van der Waals surface area (Å²) in [6, 6.07) is 5.10. The Bertz CT molecular complexity index is 502. The van der Waals surface area contributed by atoms with Crippen molar-refractivity contribution in [3.8, 4) is 5.75 Å². The van der Waals surface area contributed by atoms with E-state index in [9.17, 15) is 4.79 Å². The van der Waals surface area contributed by atoms with E-state index in [1.165, 1.54) is 0 Å². The highest BCUT2D eigenvalue weighted by molar-refractivity contribution is 6.05. The molecule has 1 heterocycles. The number of benzene rings is 1. The molecule has 1 aromatic heterocycles. The molecule has 15 heavy (non-hydrogen) atoms. The first-order valence-electron chi connectivity index (χ1n) is 4.70. The maximum absolute atomic E-state index is 11.0. The van der Waals surface area contributed by atoms with Crippen molar-refractivity contribution in [1.29, 1.82) is 0 Å². The predicted molar refractivity (Wildman–Crippen MR) is 56.4 cm³/mol. The monoisotopic (exact) mass is 205 g/mol. The predicted octanol–water partition coefficient (Wildman–Crippen LogP) is 2.26. The lowest BCUT2D eigenvalue weighted by atomic mass is 10.1. The van der Waals surface area contributed by atoms with E-state index in [0.29, 0.717) is 17.7 Å². The van der Waals surface area contributed by atoms with Gasteiger partial charge in [-0.05, 0) is 19.1 Å². The molecule has 0 atom stereocenters. The van der Waals surface area contributed by atoms with E-state index in [0.717, 1.165) is 5.52 Å². The van der Waals surface area contributed by atoms with E-state index >= 15 is 0 Å². The minimum absolute atomic E-state index is 0.261. The smallest absolute Gasteiger partial charge is 0.336 e. The lowest BCUT2D eigenvalue weighted by Gasteiger charge is -2.02. The molecule has 1 aromatic carbocycles. The summed E-state index contributed by atoms with van der Waals surface area (Å²) in [4.78, 5) is 14.0. The van der Waals surface area contributed by atoms with Crippen LogP contribution < -0.4 is 4.74 Å². The zero-order valence-corrected chi connectivity index (χ0v) is 8.28. The van der Waals surface area contributed by atoms with E-state index in [-0.39, 0.29) is 5.56 Å². The van der Waals surface area contributed by atoms with Gasteiger partial charge in [0, 0.05) is 6.20 Å². The largest absolute Gasteiger partial charge is 0.492 e. The molecule has 0 aliphatic heterocycles. The van der Waals surface area contributed by atoms with Gasteiger partial charge in [-0.25, -0.2) is 4.79 Å². The number of H-pyrrole nitrogens is 1. The highest BCUT2D eigenvalue weighted by atomic mass is 16.5. The summed E-state index contributed by atoms with van der Waals surface area (Å²) >= 11 is 0. The molecule has 78 valence electrons. The third-order valence-electron chi connectivity index (χ3n) is 2.20. The van der Waals surface area contributed by atoms with Gasteiger partial charge in [0.25, 0.3) is 0 Å². The molecule has 4 nitrogen and oxygen atoms in total. The van der Waals surface area contributed by atoms with Crippen molar-refractivity contribution in [2.24, 2.45) is 0 Å². The van der Waals surface area contributed by atoms with Crippen LogP contribution in [0.4, 0.5) is 0 Å². The second-order valence-corrected chi connectivity index (χ2v) is 3.12. The first-order valence-corrected chi connectivity index (χ1v) is 4.70. The summed E-state index contributed by atoms with van der Waals surface area (Å²) in [5, 5.41) is 9.66. The number of hydrogen-bond donors (Lipinski definition) is 2. The Morgan fingerprint density at radius 3 is 3.00 bits per heavy atom. The van der Waals surface area contributed by atoms with Crippen molar-refractivity contribution in [3.63, 3.8) is 0 Å². The third-order valence-corrected chi connectivity index (χ3v) is 2.20. The molecular formula is C11H11NO3. The van der Waals surface area contributed by atoms with Crippen molar-refractivity contribution in [1.82, 2.24) is 4.98 Å². The molecule has 0 amide bonds. The van der Waals surface area contributed by atoms with Crippen molar-refractivity contribution >= 4 is 16.9 Å². The van der Waals surface area contributed by atoms with Gasteiger partial charge in [0.15, 0.2) is 0 Å².